The summed E-state index contributed by atoms with van der Waals surface area (Å²) in [6.45, 7) is 0.368. The molecule has 2 aromatic carbocycles. The molecule has 0 spiro atoms. The topological polar surface area (TPSA) is 55.1 Å². The van der Waals surface area contributed by atoms with Crippen molar-refractivity contribution in [2.75, 3.05) is 11.1 Å². The highest BCUT2D eigenvalue weighted by atomic mass is 79.9. The maximum absolute atomic E-state index is 13.8. The molecular weight excluding hydrogens is 355 g/mol. The van der Waals surface area contributed by atoms with Crippen LogP contribution in [0.1, 0.15) is 5.56 Å². The van der Waals surface area contributed by atoms with Crippen molar-refractivity contribution < 1.29 is 9.18 Å². The maximum atomic E-state index is 13.8. The van der Waals surface area contributed by atoms with Crippen LogP contribution in [0.2, 0.25) is 0 Å². The van der Waals surface area contributed by atoms with Crippen LogP contribution < -0.4 is 11.1 Å². The Balaban J connectivity index is 2.07. The molecule has 3 N–H and O–H groups in total. The third-order valence-corrected chi connectivity index (χ3v) is 4.33. The molecule has 0 aliphatic carbocycles. The summed E-state index contributed by atoms with van der Waals surface area (Å²) in [5, 5.41) is 3.19. The molecule has 21 heavy (non-hydrogen) atoms. The molecule has 0 fully saturated rings. The average molecular weight is 369 g/mol. The second kappa shape index (κ2) is 7.47. The van der Waals surface area contributed by atoms with Gasteiger partial charge in [-0.1, -0.05) is 34.1 Å². The molecule has 0 heterocycles. The summed E-state index contributed by atoms with van der Waals surface area (Å²) < 4.78 is 14.5. The molecule has 2 aromatic rings. The number of hydrogen-bond acceptors (Lipinski definition) is 3. The van der Waals surface area contributed by atoms with E-state index < -0.39 is 0 Å². The lowest BCUT2D eigenvalue weighted by atomic mass is 10.2. The molecule has 6 heteroatoms. The van der Waals surface area contributed by atoms with E-state index in [0.717, 1.165) is 10.6 Å². The lowest BCUT2D eigenvalue weighted by molar-refractivity contribution is -0.115. The SMILES string of the molecule is NC(=O)CSc1ccccc1NCc1ccc(Br)cc1F. The van der Waals surface area contributed by atoms with Gasteiger partial charge in [-0.25, -0.2) is 4.39 Å². The molecule has 0 saturated heterocycles. The predicted molar refractivity (Wildman–Crippen MR) is 87.8 cm³/mol. The van der Waals surface area contributed by atoms with Gasteiger partial charge in [-0.3, -0.25) is 4.79 Å². The first kappa shape index (κ1) is 15.9. The fraction of sp³-hybridized carbons (Fsp3) is 0.133. The van der Waals surface area contributed by atoms with Crippen molar-refractivity contribution in [1.82, 2.24) is 0 Å². The number of benzene rings is 2. The van der Waals surface area contributed by atoms with Crippen LogP contribution in [-0.4, -0.2) is 11.7 Å². The Kier molecular flexibility index (Phi) is 5.64. The summed E-state index contributed by atoms with van der Waals surface area (Å²) in [5.74, 6) is -0.418. The molecule has 110 valence electrons. The highest BCUT2D eigenvalue weighted by Crippen LogP contribution is 2.27. The molecule has 0 saturated carbocycles. The van der Waals surface area contributed by atoms with E-state index in [1.54, 1.807) is 12.1 Å². The molecule has 0 aliphatic heterocycles. The minimum Gasteiger partial charge on any atom is -0.380 e. The van der Waals surface area contributed by atoms with Gasteiger partial charge in [0.25, 0.3) is 0 Å². The van der Waals surface area contributed by atoms with E-state index in [9.17, 15) is 9.18 Å². The summed E-state index contributed by atoms with van der Waals surface area (Å²) in [6, 6.07) is 12.5. The van der Waals surface area contributed by atoms with Crippen molar-refractivity contribution in [3.05, 3.63) is 58.3 Å². The lowest BCUT2D eigenvalue weighted by Gasteiger charge is -2.12. The van der Waals surface area contributed by atoms with E-state index in [2.05, 4.69) is 21.2 Å². The average Bonchev–Trinajstić information content (AvgIpc) is 2.45. The Morgan fingerprint density at radius 1 is 1.29 bits per heavy atom. The van der Waals surface area contributed by atoms with Crippen LogP contribution in [0.5, 0.6) is 0 Å². The van der Waals surface area contributed by atoms with Gasteiger partial charge < -0.3 is 11.1 Å². The first-order chi connectivity index (χ1) is 10.1. The van der Waals surface area contributed by atoms with Crippen molar-refractivity contribution in [2.24, 2.45) is 5.73 Å². The summed E-state index contributed by atoms with van der Waals surface area (Å²) in [7, 11) is 0. The Hall–Kier alpha value is -1.53. The predicted octanol–water partition coefficient (Wildman–Crippen LogP) is 3.78. The quantitative estimate of drug-likeness (QED) is 0.762. The van der Waals surface area contributed by atoms with Gasteiger partial charge in [-0.15, -0.1) is 11.8 Å². The zero-order chi connectivity index (χ0) is 15.2. The van der Waals surface area contributed by atoms with Crippen molar-refractivity contribution >= 4 is 39.3 Å². The van der Waals surface area contributed by atoms with Gasteiger partial charge in [0.05, 0.1) is 5.75 Å². The van der Waals surface area contributed by atoms with Gasteiger partial charge in [0.1, 0.15) is 5.82 Å². The third kappa shape index (κ3) is 4.75. The zero-order valence-electron chi connectivity index (χ0n) is 11.1. The smallest absolute Gasteiger partial charge is 0.227 e. The zero-order valence-corrected chi connectivity index (χ0v) is 13.5. The number of rotatable bonds is 6. The summed E-state index contributed by atoms with van der Waals surface area (Å²) >= 11 is 4.59. The molecule has 0 aliphatic rings. The van der Waals surface area contributed by atoms with E-state index in [-0.39, 0.29) is 17.5 Å². The van der Waals surface area contributed by atoms with Gasteiger partial charge in [0.15, 0.2) is 0 Å². The van der Waals surface area contributed by atoms with Gasteiger partial charge in [0.2, 0.25) is 5.91 Å². The molecule has 2 rings (SSSR count). The Bertz CT molecular complexity index is 651. The Morgan fingerprint density at radius 3 is 2.76 bits per heavy atom. The summed E-state index contributed by atoms with van der Waals surface area (Å²) in [6.07, 6.45) is 0. The molecular formula is C15H14BrFN2OS. The van der Waals surface area contributed by atoms with Crippen LogP contribution in [0.4, 0.5) is 10.1 Å². The number of primary amides is 1. The molecule has 0 bridgehead atoms. The fourth-order valence-corrected chi connectivity index (χ4v) is 2.84. The highest BCUT2D eigenvalue weighted by molar-refractivity contribution is 9.10. The van der Waals surface area contributed by atoms with Crippen molar-refractivity contribution in [1.29, 1.82) is 0 Å². The van der Waals surface area contributed by atoms with Crippen LogP contribution in [0, 0.1) is 5.82 Å². The number of nitrogens with two attached hydrogens (primary N) is 1. The standard InChI is InChI=1S/C15H14BrFN2OS/c16-11-6-5-10(12(17)7-11)8-19-13-3-1-2-4-14(13)21-9-15(18)20/h1-7,19H,8-9H2,(H2,18,20). The van der Waals surface area contributed by atoms with Gasteiger partial charge in [-0.05, 0) is 24.3 Å². The molecule has 1 amide bonds. The largest absolute Gasteiger partial charge is 0.380 e. The number of halogens is 2. The molecule has 3 nitrogen and oxygen atoms in total. The van der Waals surface area contributed by atoms with E-state index in [4.69, 9.17) is 5.73 Å². The molecule has 0 unspecified atom stereocenters. The number of thioether (sulfide) groups is 1. The Morgan fingerprint density at radius 2 is 2.05 bits per heavy atom. The van der Waals surface area contributed by atoms with Gasteiger partial charge in [0, 0.05) is 27.2 Å². The summed E-state index contributed by atoms with van der Waals surface area (Å²) in [4.78, 5) is 11.8. The van der Waals surface area contributed by atoms with Crippen molar-refractivity contribution in [3.8, 4) is 0 Å². The van der Waals surface area contributed by atoms with E-state index in [0.29, 0.717) is 16.6 Å². The van der Waals surface area contributed by atoms with Crippen molar-refractivity contribution in [2.45, 2.75) is 11.4 Å². The first-order valence-corrected chi connectivity index (χ1v) is 8.02. The van der Waals surface area contributed by atoms with Crippen LogP contribution in [0.25, 0.3) is 0 Å². The maximum Gasteiger partial charge on any atom is 0.227 e. The fourth-order valence-electron chi connectivity index (χ4n) is 1.74. The van der Waals surface area contributed by atoms with Crippen molar-refractivity contribution in [3.63, 3.8) is 0 Å². The number of anilines is 1. The monoisotopic (exact) mass is 368 g/mol. The number of amides is 1. The van der Waals surface area contributed by atoms with Crippen LogP contribution in [0.15, 0.2) is 51.8 Å². The number of carbonyl (C=O) groups is 1. The van der Waals surface area contributed by atoms with E-state index in [1.165, 1.54) is 17.8 Å². The minimum atomic E-state index is -0.367. The van der Waals surface area contributed by atoms with E-state index in [1.807, 2.05) is 24.3 Å². The van der Waals surface area contributed by atoms with E-state index >= 15 is 0 Å². The first-order valence-electron chi connectivity index (χ1n) is 6.24. The molecule has 0 aromatic heterocycles. The lowest BCUT2D eigenvalue weighted by Crippen LogP contribution is -2.13. The second-order valence-electron chi connectivity index (χ2n) is 4.34. The second-order valence-corrected chi connectivity index (χ2v) is 6.27. The highest BCUT2D eigenvalue weighted by Gasteiger charge is 2.06. The Labute approximate surface area is 135 Å². The molecule has 0 radical (unpaired) electrons. The number of para-hydroxylation sites is 1. The van der Waals surface area contributed by atoms with Crippen LogP contribution in [0.3, 0.4) is 0 Å². The van der Waals surface area contributed by atoms with Gasteiger partial charge >= 0.3 is 0 Å². The number of carbonyl (C=O) groups excluding carboxylic acids is 1. The number of hydrogen-bond donors (Lipinski definition) is 2. The summed E-state index contributed by atoms with van der Waals surface area (Å²) in [5.41, 5.74) is 6.58. The third-order valence-electron chi connectivity index (χ3n) is 2.74. The normalized spacial score (nSPS) is 10.4. The minimum absolute atomic E-state index is 0.214. The number of nitrogens with one attached hydrogen (secondary N) is 1. The van der Waals surface area contributed by atoms with Gasteiger partial charge in [-0.2, -0.15) is 0 Å². The van der Waals surface area contributed by atoms with Crippen LogP contribution in [-0.2, 0) is 11.3 Å². The van der Waals surface area contributed by atoms with Crippen LogP contribution >= 0.6 is 27.7 Å². The molecule has 0 atom stereocenters.